The van der Waals surface area contributed by atoms with Crippen molar-refractivity contribution in [3.8, 4) is 0 Å². The van der Waals surface area contributed by atoms with Gasteiger partial charge < -0.3 is 0 Å². The molecule has 1 aromatic heterocycles. The second-order valence-electron chi connectivity index (χ2n) is 3.05. The number of sulfone groups is 1. The Balaban J connectivity index is 3.24. The van der Waals surface area contributed by atoms with Crippen molar-refractivity contribution in [2.45, 2.75) is 30.5 Å². The molecule has 3 nitrogen and oxygen atoms in total. The number of rotatable bonds is 3. The van der Waals surface area contributed by atoms with Crippen molar-refractivity contribution in [3.63, 3.8) is 0 Å². The van der Waals surface area contributed by atoms with Gasteiger partial charge in [-0.15, -0.1) is 0 Å². The zero-order chi connectivity index (χ0) is 10.8. The molecule has 0 aliphatic carbocycles. The summed E-state index contributed by atoms with van der Waals surface area (Å²) in [5, 5.41) is -0.261. The average Bonchev–Trinajstić information content (AvgIpc) is 2.17. The van der Waals surface area contributed by atoms with E-state index >= 15 is 0 Å². The molecule has 0 bridgehead atoms. The second-order valence-corrected chi connectivity index (χ2v) is 6.19. The third kappa shape index (κ3) is 2.15. The van der Waals surface area contributed by atoms with Crippen LogP contribution < -0.4 is 0 Å². The fourth-order valence-electron chi connectivity index (χ4n) is 0.991. The number of hydrogen-bond acceptors (Lipinski definition) is 3. The minimum absolute atomic E-state index is 0.134. The molecule has 5 heteroatoms. The normalized spacial score (nSPS) is 13.9. The predicted octanol–water partition coefficient (Wildman–Crippen LogP) is 2.42. The Morgan fingerprint density at radius 3 is 2.71 bits per heavy atom. The van der Waals surface area contributed by atoms with Gasteiger partial charge in [-0.05, 0) is 41.4 Å². The van der Waals surface area contributed by atoms with Crippen LogP contribution in [0.1, 0.15) is 20.3 Å². The highest BCUT2D eigenvalue weighted by molar-refractivity contribution is 9.10. The SMILES string of the molecule is CCC(C)S(=O)(=O)c1ncccc1Br. The van der Waals surface area contributed by atoms with Crippen LogP contribution in [0, 0.1) is 0 Å². The molecule has 0 spiro atoms. The van der Waals surface area contributed by atoms with E-state index in [0.717, 1.165) is 0 Å². The van der Waals surface area contributed by atoms with Crippen molar-refractivity contribution >= 4 is 25.8 Å². The summed E-state index contributed by atoms with van der Waals surface area (Å²) in [6.45, 7) is 3.54. The van der Waals surface area contributed by atoms with Crippen LogP contribution in [0.3, 0.4) is 0 Å². The molecule has 0 saturated heterocycles. The third-order valence-electron chi connectivity index (χ3n) is 2.10. The smallest absolute Gasteiger partial charge is 0.199 e. The van der Waals surface area contributed by atoms with Gasteiger partial charge in [-0.1, -0.05) is 6.92 Å². The van der Waals surface area contributed by atoms with Gasteiger partial charge in [-0.2, -0.15) is 0 Å². The van der Waals surface area contributed by atoms with Gasteiger partial charge in [0.15, 0.2) is 14.9 Å². The fraction of sp³-hybridized carbons (Fsp3) is 0.444. The lowest BCUT2D eigenvalue weighted by Gasteiger charge is -2.10. The largest absolute Gasteiger partial charge is 0.244 e. The maximum atomic E-state index is 11.9. The fourth-order valence-corrected chi connectivity index (χ4v) is 3.29. The number of pyridine rings is 1. The van der Waals surface area contributed by atoms with Gasteiger partial charge in [0.1, 0.15) is 0 Å². The molecule has 1 aromatic rings. The van der Waals surface area contributed by atoms with Crippen LogP contribution in [-0.4, -0.2) is 18.7 Å². The third-order valence-corrected chi connectivity index (χ3v) is 5.26. The molecule has 78 valence electrons. The molecule has 0 aliphatic rings. The van der Waals surface area contributed by atoms with Gasteiger partial charge in [0, 0.05) is 6.20 Å². The van der Waals surface area contributed by atoms with Crippen molar-refractivity contribution in [1.29, 1.82) is 0 Å². The van der Waals surface area contributed by atoms with Gasteiger partial charge >= 0.3 is 0 Å². The first-order valence-corrected chi connectivity index (χ1v) is 6.68. The number of halogens is 1. The van der Waals surface area contributed by atoms with Gasteiger partial charge in [-0.3, -0.25) is 0 Å². The maximum Gasteiger partial charge on any atom is 0.199 e. The lowest BCUT2D eigenvalue weighted by Crippen LogP contribution is -2.18. The molecule has 1 rings (SSSR count). The highest BCUT2D eigenvalue weighted by Crippen LogP contribution is 2.23. The topological polar surface area (TPSA) is 47.0 Å². The first-order valence-electron chi connectivity index (χ1n) is 4.34. The summed E-state index contributed by atoms with van der Waals surface area (Å²) >= 11 is 3.19. The summed E-state index contributed by atoms with van der Waals surface area (Å²) in [6.07, 6.45) is 2.07. The summed E-state index contributed by atoms with van der Waals surface area (Å²) in [4.78, 5) is 3.88. The monoisotopic (exact) mass is 277 g/mol. The first-order chi connectivity index (χ1) is 6.50. The van der Waals surface area contributed by atoms with Crippen LogP contribution in [0.15, 0.2) is 27.8 Å². The molecule has 0 radical (unpaired) electrons. The van der Waals surface area contributed by atoms with E-state index in [0.29, 0.717) is 10.9 Å². The second kappa shape index (κ2) is 4.40. The highest BCUT2D eigenvalue weighted by Gasteiger charge is 2.25. The lowest BCUT2D eigenvalue weighted by atomic mass is 10.4. The van der Waals surface area contributed by atoms with Crippen molar-refractivity contribution < 1.29 is 8.42 Å². The average molecular weight is 278 g/mol. The van der Waals surface area contributed by atoms with E-state index in [4.69, 9.17) is 0 Å². The Hall–Kier alpha value is -0.420. The van der Waals surface area contributed by atoms with E-state index < -0.39 is 15.1 Å². The van der Waals surface area contributed by atoms with E-state index in [2.05, 4.69) is 20.9 Å². The Morgan fingerprint density at radius 1 is 1.57 bits per heavy atom. The molecule has 0 saturated carbocycles. The number of nitrogens with zero attached hydrogens (tertiary/aromatic N) is 1. The zero-order valence-electron chi connectivity index (χ0n) is 8.07. The summed E-state index contributed by atoms with van der Waals surface area (Å²) < 4.78 is 24.3. The van der Waals surface area contributed by atoms with Crippen molar-refractivity contribution in [2.24, 2.45) is 0 Å². The maximum absolute atomic E-state index is 11.9. The van der Waals surface area contributed by atoms with Crippen molar-refractivity contribution in [3.05, 3.63) is 22.8 Å². The Kier molecular flexibility index (Phi) is 3.66. The van der Waals surface area contributed by atoms with Gasteiger partial charge in [0.05, 0.1) is 9.72 Å². The van der Waals surface area contributed by atoms with Gasteiger partial charge in [0.2, 0.25) is 0 Å². The van der Waals surface area contributed by atoms with Crippen molar-refractivity contribution in [2.75, 3.05) is 0 Å². The van der Waals surface area contributed by atoms with Crippen LogP contribution in [0.25, 0.3) is 0 Å². The van der Waals surface area contributed by atoms with E-state index in [1.54, 1.807) is 19.1 Å². The molecule has 14 heavy (non-hydrogen) atoms. The summed E-state index contributed by atoms with van der Waals surface area (Å²) in [5.74, 6) is 0. The van der Waals surface area contributed by atoms with E-state index in [9.17, 15) is 8.42 Å². The highest BCUT2D eigenvalue weighted by atomic mass is 79.9. The minimum Gasteiger partial charge on any atom is -0.244 e. The van der Waals surface area contributed by atoms with Gasteiger partial charge in [0.25, 0.3) is 0 Å². The molecule has 0 N–H and O–H groups in total. The first kappa shape index (κ1) is 11.7. The van der Waals surface area contributed by atoms with E-state index in [1.165, 1.54) is 6.20 Å². The molecule has 1 atom stereocenters. The Morgan fingerprint density at radius 2 is 2.21 bits per heavy atom. The van der Waals surface area contributed by atoms with Crippen LogP contribution in [-0.2, 0) is 9.84 Å². The summed E-state index contributed by atoms with van der Waals surface area (Å²) in [5.41, 5.74) is 0. The molecule has 0 aromatic carbocycles. The number of aromatic nitrogens is 1. The minimum atomic E-state index is -3.28. The summed E-state index contributed by atoms with van der Waals surface area (Å²) in [7, 11) is -3.28. The van der Waals surface area contributed by atoms with Crippen LogP contribution >= 0.6 is 15.9 Å². The molecular weight excluding hydrogens is 266 g/mol. The predicted molar refractivity (Wildman–Crippen MR) is 58.9 cm³/mol. The van der Waals surface area contributed by atoms with Crippen LogP contribution in [0.5, 0.6) is 0 Å². The quantitative estimate of drug-likeness (QED) is 0.853. The summed E-state index contributed by atoms with van der Waals surface area (Å²) in [6, 6.07) is 3.38. The Bertz CT molecular complexity index is 417. The standard InChI is InChI=1S/C9H12BrNO2S/c1-3-7(2)14(12,13)9-8(10)5-4-6-11-9/h4-7H,3H2,1-2H3. The van der Waals surface area contributed by atoms with Gasteiger partial charge in [-0.25, -0.2) is 13.4 Å². The molecule has 0 amide bonds. The van der Waals surface area contributed by atoms with E-state index in [-0.39, 0.29) is 5.03 Å². The van der Waals surface area contributed by atoms with Crippen LogP contribution in [0.2, 0.25) is 0 Å². The molecule has 1 heterocycles. The van der Waals surface area contributed by atoms with Crippen LogP contribution in [0.4, 0.5) is 0 Å². The zero-order valence-corrected chi connectivity index (χ0v) is 10.5. The molecular formula is C9H12BrNO2S. The molecule has 0 aliphatic heterocycles. The van der Waals surface area contributed by atoms with E-state index in [1.807, 2.05) is 6.92 Å². The lowest BCUT2D eigenvalue weighted by molar-refractivity contribution is 0.576. The Labute approximate surface area is 92.6 Å². The molecule has 1 unspecified atom stereocenters. The molecule has 0 fully saturated rings. The number of hydrogen-bond donors (Lipinski definition) is 0. The van der Waals surface area contributed by atoms with Crippen molar-refractivity contribution in [1.82, 2.24) is 4.98 Å².